The zero-order chi connectivity index (χ0) is 22.3. The Morgan fingerprint density at radius 2 is 1.81 bits per heavy atom. The van der Waals surface area contributed by atoms with E-state index in [9.17, 15) is 4.79 Å². The summed E-state index contributed by atoms with van der Waals surface area (Å²) in [5.74, 6) is 0.0175. The smallest absolute Gasteiger partial charge is 0.292 e. The van der Waals surface area contributed by atoms with Crippen LogP contribution in [-0.4, -0.2) is 10.5 Å². The molecule has 164 valence electrons. The molecule has 0 aliphatic heterocycles. The number of thiazole rings is 1. The summed E-state index contributed by atoms with van der Waals surface area (Å²) >= 11 is 1.49. The van der Waals surface area contributed by atoms with Gasteiger partial charge in [0.05, 0.1) is 17.6 Å². The first-order valence-corrected chi connectivity index (χ1v) is 11.7. The normalized spacial score (nSPS) is 11.6. The van der Waals surface area contributed by atoms with E-state index in [4.69, 9.17) is 9.41 Å². The van der Waals surface area contributed by atoms with Gasteiger partial charge in [-0.1, -0.05) is 79.1 Å². The third-order valence-corrected chi connectivity index (χ3v) is 6.17. The Kier molecular flexibility index (Phi) is 7.02. The maximum absolute atomic E-state index is 12.8. The van der Waals surface area contributed by atoms with E-state index in [0.717, 1.165) is 52.6 Å². The molecule has 2 aromatic heterocycles. The maximum atomic E-state index is 12.8. The first kappa shape index (κ1) is 21.8. The Labute approximate surface area is 192 Å². The molecular weight excluding hydrogens is 418 g/mol. The third-order valence-electron chi connectivity index (χ3n) is 5.17. The van der Waals surface area contributed by atoms with E-state index in [1.807, 2.05) is 30.3 Å². The first-order valence-electron chi connectivity index (χ1n) is 10.9. The topological polar surface area (TPSA) is 59.5 Å². The molecule has 0 saturated heterocycles. The van der Waals surface area contributed by atoms with Crippen LogP contribution in [0.25, 0.3) is 11.3 Å². The van der Waals surface area contributed by atoms with Gasteiger partial charge in [-0.3, -0.25) is 4.79 Å². The minimum atomic E-state index is -0.267. The molecule has 0 aliphatic rings. The van der Waals surface area contributed by atoms with E-state index in [0.29, 0.717) is 0 Å². The molecule has 6 heteroatoms. The van der Waals surface area contributed by atoms with Crippen molar-refractivity contribution in [2.75, 3.05) is 5.32 Å². The fourth-order valence-corrected chi connectivity index (χ4v) is 4.59. The number of hydrogen-bond donors (Lipinski definition) is 1. The number of rotatable bonds is 8. The average Bonchev–Trinajstić information content (AvgIpc) is 3.45. The second kappa shape index (κ2) is 10.3. The SMILES string of the molecule is CCCCCn1c(-c2ccc(C)cc2)c(NC(=O)c2ccco2)sc1=Nc1ccccc1. The summed E-state index contributed by atoms with van der Waals surface area (Å²) in [6.45, 7) is 5.10. The van der Waals surface area contributed by atoms with Crippen molar-refractivity contribution in [3.63, 3.8) is 0 Å². The molecule has 4 aromatic rings. The number of unbranched alkanes of at least 4 members (excludes halogenated alkanes) is 2. The molecular formula is C26H27N3O2S. The largest absolute Gasteiger partial charge is 0.459 e. The van der Waals surface area contributed by atoms with Crippen molar-refractivity contribution in [2.24, 2.45) is 4.99 Å². The Hall–Kier alpha value is -3.38. The number of amides is 1. The van der Waals surface area contributed by atoms with Crippen LogP contribution in [0.3, 0.4) is 0 Å². The number of anilines is 1. The van der Waals surface area contributed by atoms with Gasteiger partial charge < -0.3 is 14.3 Å². The van der Waals surface area contributed by atoms with Gasteiger partial charge in [-0.2, -0.15) is 0 Å². The van der Waals surface area contributed by atoms with Crippen molar-refractivity contribution in [1.82, 2.24) is 4.57 Å². The summed E-state index contributed by atoms with van der Waals surface area (Å²) in [6.07, 6.45) is 4.82. The quantitative estimate of drug-likeness (QED) is 0.303. The highest BCUT2D eigenvalue weighted by molar-refractivity contribution is 7.14. The molecule has 2 heterocycles. The number of nitrogens with zero attached hydrogens (tertiary/aromatic N) is 2. The van der Waals surface area contributed by atoms with Gasteiger partial charge in [0, 0.05) is 12.1 Å². The molecule has 0 atom stereocenters. The minimum absolute atomic E-state index is 0.267. The molecule has 2 aromatic carbocycles. The van der Waals surface area contributed by atoms with Gasteiger partial charge >= 0.3 is 0 Å². The number of carbonyl (C=O) groups is 1. The molecule has 1 N–H and O–H groups in total. The molecule has 0 radical (unpaired) electrons. The Morgan fingerprint density at radius 3 is 2.50 bits per heavy atom. The van der Waals surface area contributed by atoms with E-state index in [1.165, 1.54) is 23.2 Å². The summed E-state index contributed by atoms with van der Waals surface area (Å²) in [5.41, 5.74) is 4.10. The van der Waals surface area contributed by atoms with Crippen LogP contribution in [0.5, 0.6) is 0 Å². The summed E-state index contributed by atoms with van der Waals surface area (Å²) < 4.78 is 7.54. The van der Waals surface area contributed by atoms with E-state index in [-0.39, 0.29) is 11.7 Å². The molecule has 1 amide bonds. The number of aryl methyl sites for hydroxylation is 1. The van der Waals surface area contributed by atoms with Crippen molar-refractivity contribution < 1.29 is 9.21 Å². The molecule has 0 bridgehead atoms. The number of carbonyl (C=O) groups excluding carboxylic acids is 1. The summed E-state index contributed by atoms with van der Waals surface area (Å²) in [5, 5.41) is 3.83. The fourth-order valence-electron chi connectivity index (χ4n) is 3.49. The van der Waals surface area contributed by atoms with Crippen LogP contribution >= 0.6 is 11.3 Å². The Morgan fingerprint density at radius 1 is 1.03 bits per heavy atom. The van der Waals surface area contributed by atoms with Gasteiger partial charge in [-0.05, 0) is 37.6 Å². The highest BCUT2D eigenvalue weighted by atomic mass is 32.1. The minimum Gasteiger partial charge on any atom is -0.459 e. The number of para-hydroxylation sites is 1. The fraction of sp³-hybridized carbons (Fsp3) is 0.231. The highest BCUT2D eigenvalue weighted by Crippen LogP contribution is 2.32. The monoisotopic (exact) mass is 445 g/mol. The van der Waals surface area contributed by atoms with Crippen LogP contribution in [0.15, 0.2) is 82.4 Å². The first-order chi connectivity index (χ1) is 15.7. The van der Waals surface area contributed by atoms with E-state index >= 15 is 0 Å². The molecule has 0 unspecified atom stereocenters. The number of nitrogens with one attached hydrogen (secondary N) is 1. The van der Waals surface area contributed by atoms with Crippen molar-refractivity contribution in [3.05, 3.63) is 89.1 Å². The standard InChI is InChI=1S/C26H27N3O2S/c1-3-4-8-17-29-23(20-15-13-19(2)14-16-20)25(28-24(30)22-12-9-18-31-22)32-26(29)27-21-10-6-5-7-11-21/h5-7,9-16,18H,3-4,8,17H2,1-2H3,(H,28,30). The van der Waals surface area contributed by atoms with Crippen LogP contribution in [0.2, 0.25) is 0 Å². The zero-order valence-electron chi connectivity index (χ0n) is 18.4. The molecule has 0 saturated carbocycles. The van der Waals surface area contributed by atoms with Gasteiger partial charge in [0.15, 0.2) is 10.6 Å². The van der Waals surface area contributed by atoms with Crippen LogP contribution in [0.4, 0.5) is 10.7 Å². The number of furan rings is 1. The molecule has 4 rings (SSSR count). The van der Waals surface area contributed by atoms with Gasteiger partial charge in [0.25, 0.3) is 5.91 Å². The van der Waals surface area contributed by atoms with Crippen molar-refractivity contribution in [2.45, 2.75) is 39.7 Å². The molecule has 32 heavy (non-hydrogen) atoms. The Balaban J connectivity index is 1.86. The van der Waals surface area contributed by atoms with Crippen molar-refractivity contribution in [3.8, 4) is 11.3 Å². The molecule has 0 fully saturated rings. The second-order valence-corrected chi connectivity index (χ2v) is 8.64. The predicted molar refractivity (Wildman–Crippen MR) is 130 cm³/mol. The molecule has 0 spiro atoms. The van der Waals surface area contributed by atoms with Crippen LogP contribution < -0.4 is 10.1 Å². The lowest BCUT2D eigenvalue weighted by atomic mass is 10.1. The zero-order valence-corrected chi connectivity index (χ0v) is 19.2. The average molecular weight is 446 g/mol. The summed E-state index contributed by atoms with van der Waals surface area (Å²) in [6, 6.07) is 21.7. The molecule has 5 nitrogen and oxygen atoms in total. The highest BCUT2D eigenvalue weighted by Gasteiger charge is 2.19. The third kappa shape index (κ3) is 5.08. The lowest BCUT2D eigenvalue weighted by molar-refractivity contribution is 0.0997. The van der Waals surface area contributed by atoms with Crippen LogP contribution in [0.1, 0.15) is 42.3 Å². The van der Waals surface area contributed by atoms with Crippen LogP contribution in [0, 0.1) is 6.92 Å². The summed E-state index contributed by atoms with van der Waals surface area (Å²) in [4.78, 5) is 18.6. The second-order valence-electron chi connectivity index (χ2n) is 7.67. The van der Waals surface area contributed by atoms with Gasteiger partial charge in [0.2, 0.25) is 0 Å². The van der Waals surface area contributed by atoms with Crippen molar-refractivity contribution in [1.29, 1.82) is 0 Å². The number of hydrogen-bond acceptors (Lipinski definition) is 4. The number of benzene rings is 2. The molecule has 0 aliphatic carbocycles. The Bertz CT molecular complexity index is 1220. The van der Waals surface area contributed by atoms with Gasteiger partial charge in [-0.15, -0.1) is 0 Å². The lowest BCUT2D eigenvalue weighted by Crippen LogP contribution is -2.16. The van der Waals surface area contributed by atoms with Crippen LogP contribution in [-0.2, 0) is 6.54 Å². The van der Waals surface area contributed by atoms with Crippen molar-refractivity contribution >= 4 is 27.9 Å². The predicted octanol–water partition coefficient (Wildman–Crippen LogP) is 6.79. The van der Waals surface area contributed by atoms with E-state index < -0.39 is 0 Å². The van der Waals surface area contributed by atoms with Gasteiger partial charge in [0.1, 0.15) is 5.00 Å². The lowest BCUT2D eigenvalue weighted by Gasteiger charge is -2.12. The van der Waals surface area contributed by atoms with Gasteiger partial charge in [-0.25, -0.2) is 4.99 Å². The maximum Gasteiger partial charge on any atom is 0.292 e. The summed E-state index contributed by atoms with van der Waals surface area (Å²) in [7, 11) is 0. The number of aromatic nitrogens is 1. The van der Waals surface area contributed by atoms with E-state index in [2.05, 4.69) is 48.0 Å². The van der Waals surface area contributed by atoms with E-state index in [1.54, 1.807) is 12.1 Å².